The second-order valence-corrected chi connectivity index (χ2v) is 6.41. The van der Waals surface area contributed by atoms with Crippen LogP contribution >= 0.6 is 11.6 Å². The lowest BCUT2D eigenvalue weighted by Crippen LogP contribution is -2.54. The number of aliphatic imine (C=N–C) groups is 2. The Bertz CT molecular complexity index is 648. The Morgan fingerprint density at radius 1 is 1.14 bits per heavy atom. The summed E-state index contributed by atoms with van der Waals surface area (Å²) in [4.78, 5) is 10.5. The first kappa shape index (κ1) is 14.2. The number of rotatable bonds is 1. The Hall–Kier alpha value is -1.75. The average Bonchev–Trinajstić information content (AvgIpc) is 2.39. The third kappa shape index (κ3) is 2.35. The predicted molar refractivity (Wildman–Crippen MR) is 87.9 cm³/mol. The molecule has 0 aromatic heterocycles. The highest BCUT2D eigenvalue weighted by Gasteiger charge is 2.35. The van der Waals surface area contributed by atoms with E-state index in [9.17, 15) is 0 Å². The minimum absolute atomic E-state index is 0.219. The van der Waals surface area contributed by atoms with Crippen LogP contribution in [0.15, 0.2) is 22.1 Å². The third-order valence-corrected chi connectivity index (χ3v) is 4.44. The number of nitrogens with zero attached hydrogens (tertiary/aromatic N) is 3. The lowest BCUT2D eigenvalue weighted by atomic mass is 9.89. The van der Waals surface area contributed by atoms with Gasteiger partial charge in [-0.2, -0.15) is 4.99 Å². The van der Waals surface area contributed by atoms with Crippen molar-refractivity contribution < 1.29 is 0 Å². The fraction of sp³-hybridized carbons (Fsp3) is 0.467. The van der Waals surface area contributed by atoms with E-state index in [0.29, 0.717) is 5.96 Å². The number of hydrogen-bond acceptors (Lipinski definition) is 5. The molecule has 0 amide bonds. The first-order valence-electron chi connectivity index (χ1n) is 7.20. The van der Waals surface area contributed by atoms with E-state index in [1.165, 1.54) is 17.5 Å². The van der Waals surface area contributed by atoms with Crippen molar-refractivity contribution in [2.24, 2.45) is 21.5 Å². The molecule has 0 atom stereocenters. The number of hydrogen-bond donors (Lipinski definition) is 2. The minimum atomic E-state index is -0.561. The van der Waals surface area contributed by atoms with Crippen LogP contribution in [0.1, 0.15) is 37.8 Å². The van der Waals surface area contributed by atoms with Crippen LogP contribution < -0.4 is 16.4 Å². The van der Waals surface area contributed by atoms with Gasteiger partial charge in [-0.15, -0.1) is 0 Å². The van der Waals surface area contributed by atoms with Crippen LogP contribution in [0.5, 0.6) is 0 Å². The summed E-state index contributed by atoms with van der Waals surface area (Å²) in [6.45, 7) is 3.95. The van der Waals surface area contributed by atoms with E-state index >= 15 is 0 Å². The van der Waals surface area contributed by atoms with Crippen LogP contribution in [0.4, 0.5) is 5.69 Å². The third-order valence-electron chi connectivity index (χ3n) is 4.09. The maximum absolute atomic E-state index is 6.36. The summed E-state index contributed by atoms with van der Waals surface area (Å²) in [5.74, 6) is 0.596. The Balaban J connectivity index is 2.15. The van der Waals surface area contributed by atoms with Crippen LogP contribution in [0.25, 0.3) is 0 Å². The van der Waals surface area contributed by atoms with Crippen molar-refractivity contribution in [1.82, 2.24) is 0 Å². The van der Waals surface area contributed by atoms with Gasteiger partial charge in [-0.25, -0.2) is 4.99 Å². The number of halogens is 1. The molecule has 0 fully saturated rings. The molecular formula is C15H20ClN5. The number of benzene rings is 1. The standard InChI is InChI=1S/C15H20ClN5/c1-15(2)20-13(17)19-14(18)21(15)12-8-7-11(16)9-5-3-4-6-10(9)12/h7-8H,3-6H2,1-2H3,(H4,17,18,19,20). The number of fused-ring (bicyclic) bond motifs is 1. The Morgan fingerprint density at radius 2 is 1.81 bits per heavy atom. The molecule has 0 saturated carbocycles. The molecule has 1 aromatic rings. The van der Waals surface area contributed by atoms with Gasteiger partial charge in [0.15, 0.2) is 0 Å². The summed E-state index contributed by atoms with van der Waals surface area (Å²) >= 11 is 6.36. The summed E-state index contributed by atoms with van der Waals surface area (Å²) in [6.07, 6.45) is 4.36. The first-order valence-corrected chi connectivity index (χ1v) is 7.58. The minimum Gasteiger partial charge on any atom is -0.369 e. The van der Waals surface area contributed by atoms with E-state index in [1.54, 1.807) is 0 Å². The van der Waals surface area contributed by atoms with Gasteiger partial charge in [0.05, 0.1) is 0 Å². The van der Waals surface area contributed by atoms with Gasteiger partial charge in [-0.1, -0.05) is 11.6 Å². The Morgan fingerprint density at radius 3 is 2.48 bits per heavy atom. The molecule has 5 nitrogen and oxygen atoms in total. The molecule has 2 aliphatic rings. The van der Waals surface area contributed by atoms with E-state index in [0.717, 1.165) is 30.0 Å². The quantitative estimate of drug-likeness (QED) is 0.836. The first-order chi connectivity index (χ1) is 9.90. The van der Waals surface area contributed by atoms with Gasteiger partial charge >= 0.3 is 0 Å². The van der Waals surface area contributed by atoms with Gasteiger partial charge in [-0.3, -0.25) is 4.90 Å². The highest BCUT2D eigenvalue weighted by molar-refractivity contribution is 6.31. The van der Waals surface area contributed by atoms with Crippen molar-refractivity contribution >= 4 is 29.2 Å². The number of guanidine groups is 2. The molecule has 1 aliphatic heterocycles. The summed E-state index contributed by atoms with van der Waals surface area (Å²) in [7, 11) is 0. The van der Waals surface area contributed by atoms with Crippen molar-refractivity contribution in [3.8, 4) is 0 Å². The zero-order chi connectivity index (χ0) is 15.2. The lowest BCUT2D eigenvalue weighted by molar-refractivity contribution is 0.530. The summed E-state index contributed by atoms with van der Waals surface area (Å²) in [5, 5.41) is 0.835. The fourth-order valence-electron chi connectivity index (χ4n) is 3.24. The van der Waals surface area contributed by atoms with Crippen molar-refractivity contribution in [2.45, 2.75) is 45.2 Å². The molecule has 4 N–H and O–H groups in total. The summed E-state index contributed by atoms with van der Waals surface area (Å²) in [6, 6.07) is 3.94. The van der Waals surface area contributed by atoms with Crippen LogP contribution in [0.3, 0.4) is 0 Å². The second kappa shape index (κ2) is 4.91. The molecule has 1 aliphatic carbocycles. The van der Waals surface area contributed by atoms with Crippen LogP contribution in [-0.2, 0) is 12.8 Å². The zero-order valence-electron chi connectivity index (χ0n) is 12.4. The smallest absolute Gasteiger partial charge is 0.220 e. The molecule has 21 heavy (non-hydrogen) atoms. The topological polar surface area (TPSA) is 80.0 Å². The van der Waals surface area contributed by atoms with Crippen molar-refractivity contribution in [3.63, 3.8) is 0 Å². The van der Waals surface area contributed by atoms with Gasteiger partial charge in [0.2, 0.25) is 11.9 Å². The molecule has 0 radical (unpaired) electrons. The maximum atomic E-state index is 6.36. The largest absolute Gasteiger partial charge is 0.369 e. The average molecular weight is 306 g/mol. The fourth-order valence-corrected chi connectivity index (χ4v) is 3.51. The van der Waals surface area contributed by atoms with Crippen LogP contribution in [0.2, 0.25) is 5.02 Å². The van der Waals surface area contributed by atoms with Crippen LogP contribution in [0, 0.1) is 0 Å². The molecule has 6 heteroatoms. The van der Waals surface area contributed by atoms with Gasteiger partial charge in [0.25, 0.3) is 0 Å². The highest BCUT2D eigenvalue weighted by Crippen LogP contribution is 2.38. The Labute approximate surface area is 129 Å². The Kier molecular flexibility index (Phi) is 3.32. The molecule has 0 spiro atoms. The number of anilines is 1. The molecule has 0 unspecified atom stereocenters. The molecule has 3 rings (SSSR count). The maximum Gasteiger partial charge on any atom is 0.220 e. The molecular weight excluding hydrogens is 286 g/mol. The lowest BCUT2D eigenvalue weighted by Gasteiger charge is -2.40. The highest BCUT2D eigenvalue weighted by atomic mass is 35.5. The van der Waals surface area contributed by atoms with E-state index in [4.69, 9.17) is 23.1 Å². The molecule has 1 heterocycles. The molecule has 0 saturated heterocycles. The van der Waals surface area contributed by atoms with E-state index in [1.807, 2.05) is 30.9 Å². The van der Waals surface area contributed by atoms with E-state index < -0.39 is 5.66 Å². The second-order valence-electron chi connectivity index (χ2n) is 6.00. The van der Waals surface area contributed by atoms with Gasteiger partial charge < -0.3 is 11.5 Å². The van der Waals surface area contributed by atoms with Crippen molar-refractivity contribution in [1.29, 1.82) is 0 Å². The zero-order valence-corrected chi connectivity index (χ0v) is 13.1. The summed E-state index contributed by atoms with van der Waals surface area (Å²) in [5.41, 5.74) is 14.8. The van der Waals surface area contributed by atoms with Gasteiger partial charge in [-0.05, 0) is 62.8 Å². The monoisotopic (exact) mass is 305 g/mol. The van der Waals surface area contributed by atoms with E-state index in [-0.39, 0.29) is 5.96 Å². The number of nitrogens with two attached hydrogens (primary N) is 2. The van der Waals surface area contributed by atoms with Crippen LogP contribution in [-0.4, -0.2) is 17.6 Å². The van der Waals surface area contributed by atoms with Gasteiger partial charge in [0.1, 0.15) is 5.66 Å². The molecule has 1 aromatic carbocycles. The molecule has 112 valence electrons. The SMILES string of the molecule is CC1(C)N=C(N)N=C(N)N1c1ccc(Cl)c2c1CCCC2. The van der Waals surface area contributed by atoms with Crippen molar-refractivity contribution in [2.75, 3.05) is 4.90 Å². The van der Waals surface area contributed by atoms with E-state index in [2.05, 4.69) is 9.98 Å². The molecule has 0 bridgehead atoms. The summed E-state index contributed by atoms with van der Waals surface area (Å²) < 4.78 is 0. The van der Waals surface area contributed by atoms with Crippen molar-refractivity contribution in [3.05, 3.63) is 28.3 Å². The predicted octanol–water partition coefficient (Wildman–Crippen LogP) is 2.40. The van der Waals surface area contributed by atoms with Gasteiger partial charge in [0, 0.05) is 10.7 Å². The normalized spacial score (nSPS) is 20.6.